The molecule has 15 heavy (non-hydrogen) atoms. The molecule has 5 heteroatoms. The van der Waals surface area contributed by atoms with Crippen LogP contribution in [0, 0.1) is 0 Å². The van der Waals surface area contributed by atoms with Crippen LogP contribution >= 0.6 is 0 Å². The third kappa shape index (κ3) is 7.75. The summed E-state index contributed by atoms with van der Waals surface area (Å²) in [5, 5.41) is 2.70. The van der Waals surface area contributed by atoms with Crippen LogP contribution in [0.3, 0.4) is 0 Å². The topological polar surface area (TPSA) is 38.3 Å². The van der Waals surface area contributed by atoms with E-state index in [9.17, 15) is 4.79 Å². The Morgan fingerprint density at radius 1 is 1.20 bits per heavy atom. The van der Waals surface area contributed by atoms with Gasteiger partial charge in [0.2, 0.25) is 6.41 Å². The van der Waals surface area contributed by atoms with Crippen LogP contribution in [0.15, 0.2) is 0 Å². The molecule has 0 atom stereocenters. The lowest BCUT2D eigenvalue weighted by molar-refractivity contribution is -0.109. The van der Waals surface area contributed by atoms with E-state index in [-0.39, 0.29) is 0 Å². The first-order valence-corrected chi connectivity index (χ1v) is 11.9. The molecule has 0 aliphatic rings. The Hall–Kier alpha value is -0.136. The predicted octanol–water partition coefficient (Wildman–Crippen LogP) is 2.57. The minimum atomic E-state index is -1.50. The van der Waals surface area contributed by atoms with E-state index in [0.717, 1.165) is 25.4 Å². The Labute approximate surface area is 95.9 Å². The van der Waals surface area contributed by atoms with Gasteiger partial charge in [-0.05, 0) is 44.7 Å². The maximum absolute atomic E-state index is 10.1. The van der Waals surface area contributed by atoms with Gasteiger partial charge in [-0.25, -0.2) is 0 Å². The summed E-state index contributed by atoms with van der Waals surface area (Å²) in [5.74, 6) is 0. The Morgan fingerprint density at radius 3 is 2.27 bits per heavy atom. The standard InChI is InChI=1S/C10H25NO2Si2/c1-6-14(2,3)13-15(4,5)9-7-8-11-10-12/h10H,6-9H2,1-5H3,(H,11,12). The minimum absolute atomic E-state index is 0.764. The third-order valence-electron chi connectivity index (χ3n) is 2.59. The van der Waals surface area contributed by atoms with Crippen LogP contribution in [-0.2, 0) is 8.91 Å². The van der Waals surface area contributed by atoms with E-state index in [1.807, 2.05) is 0 Å². The lowest BCUT2D eigenvalue weighted by atomic mass is 10.5. The van der Waals surface area contributed by atoms with Gasteiger partial charge in [-0.2, -0.15) is 0 Å². The second-order valence-electron chi connectivity index (χ2n) is 5.15. The summed E-state index contributed by atoms with van der Waals surface area (Å²) in [6.45, 7) is 12.1. The first kappa shape index (κ1) is 14.9. The van der Waals surface area contributed by atoms with Crippen molar-refractivity contribution in [3.63, 3.8) is 0 Å². The van der Waals surface area contributed by atoms with E-state index in [1.165, 1.54) is 6.04 Å². The average Bonchev–Trinajstić information content (AvgIpc) is 2.11. The summed E-state index contributed by atoms with van der Waals surface area (Å²) in [6, 6.07) is 2.31. The molecule has 0 saturated carbocycles. The van der Waals surface area contributed by atoms with E-state index in [0.29, 0.717) is 0 Å². The van der Waals surface area contributed by atoms with Gasteiger partial charge in [0.1, 0.15) is 0 Å². The smallest absolute Gasteiger partial charge is 0.207 e. The van der Waals surface area contributed by atoms with Gasteiger partial charge in [-0.15, -0.1) is 0 Å². The molecule has 0 unspecified atom stereocenters. The summed E-state index contributed by atoms with van der Waals surface area (Å²) in [7, 11) is -2.91. The number of nitrogens with one attached hydrogen (secondary N) is 1. The fraction of sp³-hybridized carbons (Fsp3) is 0.900. The molecule has 0 aromatic heterocycles. The number of carbonyl (C=O) groups is 1. The van der Waals surface area contributed by atoms with Gasteiger partial charge in [0.05, 0.1) is 0 Å². The Bertz CT molecular complexity index is 196. The van der Waals surface area contributed by atoms with E-state index < -0.39 is 16.6 Å². The van der Waals surface area contributed by atoms with Crippen molar-refractivity contribution in [1.29, 1.82) is 0 Å². The van der Waals surface area contributed by atoms with Crippen molar-refractivity contribution in [3.8, 4) is 0 Å². The van der Waals surface area contributed by atoms with Crippen molar-refractivity contribution in [2.75, 3.05) is 6.54 Å². The molecule has 90 valence electrons. The number of amides is 1. The highest BCUT2D eigenvalue weighted by atomic mass is 28.4. The maximum atomic E-state index is 10.1. The van der Waals surface area contributed by atoms with Crippen LogP contribution in [-0.4, -0.2) is 29.6 Å². The molecule has 0 aromatic carbocycles. The molecule has 0 aliphatic heterocycles. The molecule has 3 nitrogen and oxygen atoms in total. The highest BCUT2D eigenvalue weighted by molar-refractivity contribution is 6.84. The molecule has 1 amide bonds. The van der Waals surface area contributed by atoms with E-state index in [2.05, 4.69) is 38.4 Å². The number of hydrogen-bond acceptors (Lipinski definition) is 2. The zero-order valence-corrected chi connectivity index (χ0v) is 12.7. The van der Waals surface area contributed by atoms with Crippen molar-refractivity contribution >= 4 is 23.0 Å². The van der Waals surface area contributed by atoms with Gasteiger partial charge < -0.3 is 9.43 Å². The maximum Gasteiger partial charge on any atom is 0.207 e. The summed E-state index contributed by atoms with van der Waals surface area (Å²) in [5.41, 5.74) is 0. The van der Waals surface area contributed by atoms with Crippen LogP contribution in [0.1, 0.15) is 13.3 Å². The Kier molecular flexibility index (Phi) is 6.39. The minimum Gasteiger partial charge on any atom is -0.456 e. The van der Waals surface area contributed by atoms with Crippen molar-refractivity contribution in [2.45, 2.75) is 51.6 Å². The van der Waals surface area contributed by atoms with Gasteiger partial charge in [-0.1, -0.05) is 6.92 Å². The monoisotopic (exact) mass is 247 g/mol. The zero-order chi connectivity index (χ0) is 11.9. The molecule has 0 aliphatic carbocycles. The van der Waals surface area contributed by atoms with E-state index in [4.69, 9.17) is 4.12 Å². The van der Waals surface area contributed by atoms with Crippen LogP contribution < -0.4 is 5.32 Å². The van der Waals surface area contributed by atoms with Gasteiger partial charge in [-0.3, -0.25) is 4.79 Å². The van der Waals surface area contributed by atoms with E-state index >= 15 is 0 Å². The lowest BCUT2D eigenvalue weighted by Crippen LogP contribution is -2.44. The highest BCUT2D eigenvalue weighted by Crippen LogP contribution is 2.21. The Balaban J connectivity index is 3.90. The quantitative estimate of drug-likeness (QED) is 0.407. The van der Waals surface area contributed by atoms with Crippen molar-refractivity contribution in [3.05, 3.63) is 0 Å². The van der Waals surface area contributed by atoms with Crippen molar-refractivity contribution in [1.82, 2.24) is 5.32 Å². The van der Waals surface area contributed by atoms with Gasteiger partial charge in [0, 0.05) is 6.54 Å². The SMILES string of the molecule is CC[Si](C)(C)O[Si](C)(C)CCCNC=O. The molecule has 0 spiro atoms. The fourth-order valence-electron chi connectivity index (χ4n) is 1.55. The molecule has 0 fully saturated rings. The predicted molar refractivity (Wildman–Crippen MR) is 70.0 cm³/mol. The van der Waals surface area contributed by atoms with Crippen LogP contribution in [0.2, 0.25) is 38.3 Å². The van der Waals surface area contributed by atoms with Gasteiger partial charge in [0.25, 0.3) is 0 Å². The van der Waals surface area contributed by atoms with Crippen LogP contribution in [0.5, 0.6) is 0 Å². The molecule has 0 heterocycles. The first-order chi connectivity index (χ1) is 6.83. The second kappa shape index (κ2) is 6.45. The molecular formula is C10H25NO2Si2. The molecule has 1 N–H and O–H groups in total. The summed E-state index contributed by atoms with van der Waals surface area (Å²) in [4.78, 5) is 10.1. The normalized spacial score (nSPS) is 12.6. The molecule has 0 rings (SSSR count). The fourth-order valence-corrected chi connectivity index (χ4v) is 9.54. The zero-order valence-electron chi connectivity index (χ0n) is 10.7. The van der Waals surface area contributed by atoms with Crippen LogP contribution in [0.4, 0.5) is 0 Å². The number of hydrogen-bond donors (Lipinski definition) is 1. The summed E-state index contributed by atoms with van der Waals surface area (Å²) < 4.78 is 6.32. The lowest BCUT2D eigenvalue weighted by Gasteiger charge is -2.33. The van der Waals surface area contributed by atoms with Gasteiger partial charge in [0.15, 0.2) is 16.6 Å². The molecule has 0 aromatic rings. The molecule has 0 radical (unpaired) electrons. The average molecular weight is 247 g/mol. The first-order valence-electron chi connectivity index (χ1n) is 5.70. The largest absolute Gasteiger partial charge is 0.456 e. The number of rotatable bonds is 8. The molecular weight excluding hydrogens is 222 g/mol. The second-order valence-corrected chi connectivity index (χ2v) is 14.2. The number of carbonyl (C=O) groups excluding carboxylic acids is 1. The van der Waals surface area contributed by atoms with Crippen molar-refractivity contribution < 1.29 is 8.91 Å². The van der Waals surface area contributed by atoms with Crippen LogP contribution in [0.25, 0.3) is 0 Å². The molecule has 0 saturated heterocycles. The Morgan fingerprint density at radius 2 is 1.80 bits per heavy atom. The summed E-state index contributed by atoms with van der Waals surface area (Å²) >= 11 is 0. The third-order valence-corrected chi connectivity index (χ3v) is 10.3. The van der Waals surface area contributed by atoms with E-state index in [1.54, 1.807) is 0 Å². The molecule has 0 bridgehead atoms. The highest BCUT2D eigenvalue weighted by Gasteiger charge is 2.30. The summed E-state index contributed by atoms with van der Waals surface area (Å²) in [6.07, 6.45) is 1.80. The van der Waals surface area contributed by atoms with Crippen molar-refractivity contribution in [2.24, 2.45) is 0 Å². The van der Waals surface area contributed by atoms with Gasteiger partial charge >= 0.3 is 0 Å².